The number of anilines is 1. The van der Waals surface area contributed by atoms with Crippen LogP contribution in [-0.4, -0.2) is 30.1 Å². The molecule has 2 amide bonds. The number of nitrogens with zero attached hydrogens (tertiary/aromatic N) is 1. The van der Waals surface area contributed by atoms with Crippen molar-refractivity contribution in [2.24, 2.45) is 0 Å². The van der Waals surface area contributed by atoms with Crippen molar-refractivity contribution in [1.29, 1.82) is 0 Å². The van der Waals surface area contributed by atoms with Crippen LogP contribution in [0.4, 0.5) is 10.5 Å². The average Bonchev–Trinajstić information content (AvgIpc) is 2.39. The molecule has 0 aliphatic carbocycles. The van der Waals surface area contributed by atoms with Crippen molar-refractivity contribution in [1.82, 2.24) is 15.6 Å². The Morgan fingerprint density at radius 3 is 3.18 bits per heavy atom. The number of hydrogen-bond donors (Lipinski definition) is 3. The van der Waals surface area contributed by atoms with E-state index in [9.17, 15) is 4.79 Å². The lowest BCUT2D eigenvalue weighted by Crippen LogP contribution is -2.44. The van der Waals surface area contributed by atoms with E-state index in [0.29, 0.717) is 18.3 Å². The quantitative estimate of drug-likeness (QED) is 0.739. The number of amides is 2. The first kappa shape index (κ1) is 11.9. The van der Waals surface area contributed by atoms with Crippen LogP contribution in [0.1, 0.15) is 19.3 Å². The molecule has 3 N–H and O–H groups in total. The Morgan fingerprint density at radius 1 is 1.53 bits per heavy atom. The van der Waals surface area contributed by atoms with Crippen LogP contribution in [0, 0.1) is 0 Å². The first-order valence-corrected chi connectivity index (χ1v) is 6.03. The molecule has 92 valence electrons. The minimum atomic E-state index is -0.176. The number of carbonyl (C=O) groups excluding carboxylic acids is 1. The number of urea groups is 1. The second-order valence-corrected chi connectivity index (χ2v) is 4.22. The van der Waals surface area contributed by atoms with E-state index in [2.05, 4.69) is 20.9 Å². The highest BCUT2D eigenvalue weighted by Crippen LogP contribution is 2.06. The molecule has 1 saturated heterocycles. The van der Waals surface area contributed by atoms with E-state index in [0.717, 1.165) is 13.0 Å². The summed E-state index contributed by atoms with van der Waals surface area (Å²) in [6.07, 6.45) is 6.91. The highest BCUT2D eigenvalue weighted by molar-refractivity contribution is 5.88. The third-order valence-electron chi connectivity index (χ3n) is 2.84. The van der Waals surface area contributed by atoms with Crippen LogP contribution in [0.3, 0.4) is 0 Å². The first-order valence-electron chi connectivity index (χ1n) is 6.03. The van der Waals surface area contributed by atoms with Gasteiger partial charge in [-0.2, -0.15) is 0 Å². The minimum Gasteiger partial charge on any atom is -0.336 e. The van der Waals surface area contributed by atoms with Crippen LogP contribution >= 0.6 is 0 Å². The van der Waals surface area contributed by atoms with Gasteiger partial charge in [0.2, 0.25) is 0 Å². The van der Waals surface area contributed by atoms with Crippen molar-refractivity contribution >= 4 is 11.7 Å². The maximum absolute atomic E-state index is 11.6. The Morgan fingerprint density at radius 2 is 2.47 bits per heavy atom. The lowest BCUT2D eigenvalue weighted by Gasteiger charge is -2.23. The molecule has 1 aromatic heterocycles. The van der Waals surface area contributed by atoms with Gasteiger partial charge >= 0.3 is 6.03 Å². The predicted molar refractivity (Wildman–Crippen MR) is 66.9 cm³/mol. The number of aromatic nitrogens is 1. The van der Waals surface area contributed by atoms with Gasteiger partial charge in [-0.1, -0.05) is 6.42 Å². The molecule has 0 bridgehead atoms. The lowest BCUT2D eigenvalue weighted by atomic mass is 10.1. The number of rotatable bonds is 3. The molecule has 0 spiro atoms. The molecule has 1 fully saturated rings. The van der Waals surface area contributed by atoms with Crippen molar-refractivity contribution in [2.75, 3.05) is 18.4 Å². The number of carbonyl (C=O) groups is 1. The average molecular weight is 234 g/mol. The van der Waals surface area contributed by atoms with Gasteiger partial charge in [-0.05, 0) is 31.5 Å². The van der Waals surface area contributed by atoms with Gasteiger partial charge in [0.1, 0.15) is 0 Å². The molecule has 0 aromatic carbocycles. The van der Waals surface area contributed by atoms with Gasteiger partial charge < -0.3 is 16.0 Å². The van der Waals surface area contributed by atoms with Gasteiger partial charge in [0.25, 0.3) is 0 Å². The molecule has 1 aromatic rings. The van der Waals surface area contributed by atoms with Crippen LogP contribution < -0.4 is 16.0 Å². The highest BCUT2D eigenvalue weighted by Gasteiger charge is 2.13. The van der Waals surface area contributed by atoms with E-state index >= 15 is 0 Å². The van der Waals surface area contributed by atoms with Crippen LogP contribution in [0.15, 0.2) is 24.5 Å². The van der Waals surface area contributed by atoms with Crippen LogP contribution in [-0.2, 0) is 0 Å². The van der Waals surface area contributed by atoms with Crippen molar-refractivity contribution in [2.45, 2.75) is 25.3 Å². The lowest BCUT2D eigenvalue weighted by molar-refractivity contribution is 0.249. The van der Waals surface area contributed by atoms with Gasteiger partial charge in [-0.3, -0.25) is 4.98 Å². The number of nitrogens with one attached hydrogen (secondary N) is 3. The molecule has 1 aliphatic rings. The Hall–Kier alpha value is -1.62. The maximum atomic E-state index is 11.6. The first-order chi connectivity index (χ1) is 8.34. The third kappa shape index (κ3) is 4.03. The monoisotopic (exact) mass is 234 g/mol. The molecular weight excluding hydrogens is 216 g/mol. The molecule has 1 unspecified atom stereocenters. The second kappa shape index (κ2) is 6.20. The van der Waals surface area contributed by atoms with E-state index < -0.39 is 0 Å². The molecule has 17 heavy (non-hydrogen) atoms. The predicted octanol–water partition coefficient (Wildman–Crippen LogP) is 1.35. The van der Waals surface area contributed by atoms with Crippen LogP contribution in [0.2, 0.25) is 0 Å². The summed E-state index contributed by atoms with van der Waals surface area (Å²) in [7, 11) is 0. The van der Waals surface area contributed by atoms with Crippen molar-refractivity contribution in [3.63, 3.8) is 0 Å². The normalized spacial score (nSPS) is 19.6. The molecular formula is C12H18N4O. The van der Waals surface area contributed by atoms with Gasteiger partial charge in [-0.15, -0.1) is 0 Å². The van der Waals surface area contributed by atoms with Crippen molar-refractivity contribution < 1.29 is 4.79 Å². The van der Waals surface area contributed by atoms with Crippen LogP contribution in [0.5, 0.6) is 0 Å². The van der Waals surface area contributed by atoms with Gasteiger partial charge in [0.05, 0.1) is 11.9 Å². The fourth-order valence-corrected chi connectivity index (χ4v) is 1.93. The summed E-state index contributed by atoms with van der Waals surface area (Å²) in [5, 5.41) is 8.99. The van der Waals surface area contributed by atoms with Gasteiger partial charge in [0.15, 0.2) is 0 Å². The van der Waals surface area contributed by atoms with E-state index in [-0.39, 0.29) is 6.03 Å². The minimum absolute atomic E-state index is 0.176. The topological polar surface area (TPSA) is 66.1 Å². The fourth-order valence-electron chi connectivity index (χ4n) is 1.93. The summed E-state index contributed by atoms with van der Waals surface area (Å²) in [4.78, 5) is 15.5. The van der Waals surface area contributed by atoms with Crippen LogP contribution in [0.25, 0.3) is 0 Å². The summed E-state index contributed by atoms with van der Waals surface area (Å²) in [5.41, 5.74) is 0.710. The number of piperidine rings is 1. The second-order valence-electron chi connectivity index (χ2n) is 4.22. The standard InChI is InChI=1S/C12H18N4O/c17-12(16-11-5-3-6-13-8-11)15-9-10-4-1-2-7-14-10/h3,5-6,8,10,14H,1-2,4,7,9H2,(H2,15,16,17). The largest absolute Gasteiger partial charge is 0.336 e. The van der Waals surface area contributed by atoms with E-state index in [1.807, 2.05) is 6.07 Å². The zero-order chi connectivity index (χ0) is 11.9. The fraction of sp³-hybridized carbons (Fsp3) is 0.500. The van der Waals surface area contributed by atoms with Crippen molar-refractivity contribution in [3.05, 3.63) is 24.5 Å². The number of pyridine rings is 1. The zero-order valence-corrected chi connectivity index (χ0v) is 9.78. The molecule has 5 nitrogen and oxygen atoms in total. The summed E-state index contributed by atoms with van der Waals surface area (Å²) in [6, 6.07) is 3.83. The van der Waals surface area contributed by atoms with E-state index in [4.69, 9.17) is 0 Å². The summed E-state index contributed by atoms with van der Waals surface area (Å²) in [6.45, 7) is 1.72. The Labute approximate surface area is 101 Å². The Kier molecular flexibility index (Phi) is 4.32. The Balaban J connectivity index is 1.70. The highest BCUT2D eigenvalue weighted by atomic mass is 16.2. The molecule has 0 saturated carbocycles. The number of hydrogen-bond acceptors (Lipinski definition) is 3. The van der Waals surface area contributed by atoms with E-state index in [1.165, 1.54) is 12.8 Å². The molecule has 2 rings (SSSR count). The molecule has 1 aliphatic heterocycles. The maximum Gasteiger partial charge on any atom is 0.319 e. The molecule has 0 radical (unpaired) electrons. The summed E-state index contributed by atoms with van der Waals surface area (Å²) < 4.78 is 0. The Bertz CT molecular complexity index is 349. The summed E-state index contributed by atoms with van der Waals surface area (Å²) >= 11 is 0. The SMILES string of the molecule is O=C(NCC1CCCCN1)Nc1cccnc1. The van der Waals surface area contributed by atoms with Gasteiger partial charge in [0, 0.05) is 18.8 Å². The molecule has 5 heteroatoms. The molecule has 1 atom stereocenters. The molecule has 2 heterocycles. The third-order valence-corrected chi connectivity index (χ3v) is 2.84. The van der Waals surface area contributed by atoms with Gasteiger partial charge in [-0.25, -0.2) is 4.79 Å². The smallest absolute Gasteiger partial charge is 0.319 e. The van der Waals surface area contributed by atoms with E-state index in [1.54, 1.807) is 18.5 Å². The zero-order valence-electron chi connectivity index (χ0n) is 9.78. The summed E-state index contributed by atoms with van der Waals surface area (Å²) in [5.74, 6) is 0. The van der Waals surface area contributed by atoms with Crippen molar-refractivity contribution in [3.8, 4) is 0 Å².